The zero-order chi connectivity index (χ0) is 27.0. The molecule has 5 rings (SSSR count). The normalized spacial score (nSPS) is 15.1. The minimum atomic E-state index is -1.06. The first-order valence-electron chi connectivity index (χ1n) is 11.6. The summed E-state index contributed by atoms with van der Waals surface area (Å²) in [6.45, 7) is 1.84. The van der Waals surface area contributed by atoms with Gasteiger partial charge in [-0.05, 0) is 18.2 Å². The van der Waals surface area contributed by atoms with Gasteiger partial charge in [0.15, 0.2) is 0 Å². The number of ether oxygens (including phenoxy) is 2. The number of non-ortho nitro benzene ring substituents is 2. The average Bonchev–Trinajstić information content (AvgIpc) is 2.93. The minimum absolute atomic E-state index is 0.276. The molecule has 2 heterocycles. The lowest BCUT2D eigenvalue weighted by atomic mass is 9.92. The smallest absolute Gasteiger partial charge is 0.338 e. The second kappa shape index (κ2) is 9.86. The summed E-state index contributed by atoms with van der Waals surface area (Å²) in [6.07, 6.45) is 0. The minimum Gasteiger partial charge on any atom is -0.460 e. The van der Waals surface area contributed by atoms with E-state index in [2.05, 4.69) is 4.90 Å². The molecule has 1 fully saturated rings. The van der Waals surface area contributed by atoms with E-state index < -0.39 is 51.2 Å². The Bertz CT molecular complexity index is 1460. The van der Waals surface area contributed by atoms with Gasteiger partial charge in [0, 0.05) is 52.8 Å². The van der Waals surface area contributed by atoms with Gasteiger partial charge in [-0.25, -0.2) is 4.79 Å². The van der Waals surface area contributed by atoms with Crippen LogP contribution in [0.1, 0.15) is 31.1 Å². The summed E-state index contributed by atoms with van der Waals surface area (Å²) in [4.78, 5) is 62.5. The van der Waals surface area contributed by atoms with Gasteiger partial charge in [0.05, 0.1) is 41.2 Å². The van der Waals surface area contributed by atoms with Crippen LogP contribution in [0.5, 0.6) is 0 Å². The fourth-order valence-corrected chi connectivity index (χ4v) is 4.65. The zero-order valence-electron chi connectivity index (χ0n) is 19.8. The van der Waals surface area contributed by atoms with Crippen molar-refractivity contribution >= 4 is 45.6 Å². The highest BCUT2D eigenvalue weighted by atomic mass is 16.6. The van der Waals surface area contributed by atoms with Gasteiger partial charge in [0.2, 0.25) is 0 Å². The molecule has 13 heteroatoms. The number of morpholine rings is 1. The second-order valence-corrected chi connectivity index (χ2v) is 8.61. The Morgan fingerprint density at radius 2 is 1.55 bits per heavy atom. The predicted molar refractivity (Wildman–Crippen MR) is 132 cm³/mol. The van der Waals surface area contributed by atoms with Crippen LogP contribution < -0.4 is 4.90 Å². The molecule has 0 spiro atoms. The van der Waals surface area contributed by atoms with Crippen molar-refractivity contribution in [2.24, 2.45) is 0 Å². The van der Waals surface area contributed by atoms with Gasteiger partial charge in [-0.3, -0.25) is 34.7 Å². The number of rotatable bonds is 7. The molecule has 13 nitrogen and oxygen atoms in total. The highest BCUT2D eigenvalue weighted by Gasteiger charge is 2.34. The number of nitrogens with zero attached hydrogens (tertiary/aromatic N) is 4. The van der Waals surface area contributed by atoms with Crippen LogP contribution in [0, 0.1) is 20.2 Å². The molecule has 0 aliphatic carbocycles. The number of nitro groups is 2. The summed E-state index contributed by atoms with van der Waals surface area (Å²) in [5.41, 5.74) is -0.0982. The molecule has 0 aromatic heterocycles. The SMILES string of the molecule is O=C(OCCN1C(=O)c2cccc3c(N4CCOCC4)ccc(c23)C1=O)c1cc([N+](=O)[O-])cc([N+](=O)[O-])c1. The molecule has 0 bridgehead atoms. The molecule has 194 valence electrons. The largest absolute Gasteiger partial charge is 0.460 e. The van der Waals surface area contributed by atoms with E-state index in [-0.39, 0.29) is 6.54 Å². The molecule has 0 atom stereocenters. The maximum Gasteiger partial charge on any atom is 0.338 e. The van der Waals surface area contributed by atoms with E-state index in [0.29, 0.717) is 42.8 Å². The highest BCUT2D eigenvalue weighted by molar-refractivity contribution is 6.26. The third kappa shape index (κ3) is 4.39. The molecule has 1 saturated heterocycles. The molecular formula is C25H20N4O9. The van der Waals surface area contributed by atoms with Gasteiger partial charge < -0.3 is 14.4 Å². The summed E-state index contributed by atoms with van der Waals surface area (Å²) in [5.74, 6) is -2.16. The lowest BCUT2D eigenvalue weighted by Gasteiger charge is -2.32. The molecule has 3 aromatic rings. The number of hydrogen-bond donors (Lipinski definition) is 0. The van der Waals surface area contributed by atoms with E-state index in [1.807, 2.05) is 12.1 Å². The van der Waals surface area contributed by atoms with Crippen molar-refractivity contribution in [1.82, 2.24) is 4.90 Å². The van der Waals surface area contributed by atoms with Crippen molar-refractivity contribution in [2.45, 2.75) is 0 Å². The summed E-state index contributed by atoms with van der Waals surface area (Å²) < 4.78 is 10.5. The molecule has 2 amide bonds. The van der Waals surface area contributed by atoms with Crippen molar-refractivity contribution in [3.63, 3.8) is 0 Å². The van der Waals surface area contributed by atoms with Gasteiger partial charge in [0.25, 0.3) is 23.2 Å². The predicted octanol–water partition coefficient (Wildman–Crippen LogP) is 2.95. The van der Waals surface area contributed by atoms with Crippen LogP contribution in [0.15, 0.2) is 48.5 Å². The Labute approximate surface area is 214 Å². The highest BCUT2D eigenvalue weighted by Crippen LogP contribution is 2.36. The van der Waals surface area contributed by atoms with Gasteiger partial charge in [-0.1, -0.05) is 12.1 Å². The fourth-order valence-electron chi connectivity index (χ4n) is 4.65. The third-order valence-corrected chi connectivity index (χ3v) is 6.43. The standard InChI is InChI=1S/C25H20N4O9/c30-23-19-3-1-2-18-21(26-6-9-37-10-7-26)5-4-20(22(18)19)24(31)27(23)8-11-38-25(32)15-12-16(28(33)34)14-17(13-15)29(35)36/h1-5,12-14H,6-11H2. The number of benzene rings is 3. The maximum absolute atomic E-state index is 13.3. The Balaban J connectivity index is 1.35. The summed E-state index contributed by atoms with van der Waals surface area (Å²) in [5, 5.41) is 23.5. The molecule has 0 unspecified atom stereocenters. The zero-order valence-corrected chi connectivity index (χ0v) is 19.8. The van der Waals surface area contributed by atoms with E-state index in [9.17, 15) is 34.6 Å². The molecule has 2 aliphatic rings. The van der Waals surface area contributed by atoms with E-state index >= 15 is 0 Å². The second-order valence-electron chi connectivity index (χ2n) is 8.61. The van der Waals surface area contributed by atoms with Crippen LogP contribution in [-0.2, 0) is 9.47 Å². The van der Waals surface area contributed by atoms with Crippen LogP contribution in [-0.4, -0.2) is 72.0 Å². The number of hydrogen-bond acceptors (Lipinski definition) is 10. The van der Waals surface area contributed by atoms with Crippen molar-refractivity contribution < 1.29 is 33.7 Å². The van der Waals surface area contributed by atoms with E-state index in [0.717, 1.165) is 34.2 Å². The van der Waals surface area contributed by atoms with Gasteiger partial charge in [0.1, 0.15) is 6.61 Å². The number of amides is 2. The Hall–Kier alpha value is -4.91. The lowest BCUT2D eigenvalue weighted by molar-refractivity contribution is -0.394. The number of carbonyl (C=O) groups is 3. The van der Waals surface area contributed by atoms with Crippen LogP contribution >= 0.6 is 0 Å². The Morgan fingerprint density at radius 3 is 2.18 bits per heavy atom. The monoisotopic (exact) mass is 520 g/mol. The van der Waals surface area contributed by atoms with E-state index in [1.165, 1.54) is 0 Å². The molecule has 0 saturated carbocycles. The first kappa shape index (κ1) is 24.8. The molecule has 3 aromatic carbocycles. The Morgan fingerprint density at radius 1 is 0.921 bits per heavy atom. The summed E-state index contributed by atoms with van der Waals surface area (Å²) in [6, 6.07) is 11.2. The van der Waals surface area contributed by atoms with E-state index in [4.69, 9.17) is 9.47 Å². The van der Waals surface area contributed by atoms with Crippen LogP contribution in [0.2, 0.25) is 0 Å². The lowest BCUT2D eigenvalue weighted by Crippen LogP contribution is -2.42. The third-order valence-electron chi connectivity index (χ3n) is 6.43. The summed E-state index contributed by atoms with van der Waals surface area (Å²) in [7, 11) is 0. The topological polar surface area (TPSA) is 162 Å². The molecule has 0 N–H and O–H groups in total. The summed E-state index contributed by atoms with van der Waals surface area (Å²) >= 11 is 0. The van der Waals surface area contributed by atoms with E-state index in [1.54, 1.807) is 18.2 Å². The molecule has 2 aliphatic heterocycles. The van der Waals surface area contributed by atoms with Crippen molar-refractivity contribution in [1.29, 1.82) is 0 Å². The maximum atomic E-state index is 13.3. The van der Waals surface area contributed by atoms with Gasteiger partial charge in [-0.2, -0.15) is 0 Å². The van der Waals surface area contributed by atoms with Crippen LogP contribution in [0.4, 0.5) is 17.1 Å². The number of carbonyl (C=O) groups excluding carboxylic acids is 3. The molecule has 38 heavy (non-hydrogen) atoms. The average molecular weight is 520 g/mol. The van der Waals surface area contributed by atoms with Crippen LogP contribution in [0.25, 0.3) is 10.8 Å². The van der Waals surface area contributed by atoms with Gasteiger partial charge >= 0.3 is 5.97 Å². The number of anilines is 1. The van der Waals surface area contributed by atoms with Crippen LogP contribution in [0.3, 0.4) is 0 Å². The molecule has 0 radical (unpaired) electrons. The Kier molecular flexibility index (Phi) is 6.43. The quantitative estimate of drug-likeness (QED) is 0.196. The number of imide groups is 1. The van der Waals surface area contributed by atoms with Crippen molar-refractivity contribution in [2.75, 3.05) is 44.4 Å². The number of esters is 1. The molecular weight excluding hydrogens is 500 g/mol. The fraction of sp³-hybridized carbons (Fsp3) is 0.240. The van der Waals surface area contributed by atoms with Crippen molar-refractivity contribution in [3.8, 4) is 0 Å². The first-order valence-corrected chi connectivity index (χ1v) is 11.6. The first-order chi connectivity index (χ1) is 18.3. The number of nitro benzene ring substituents is 2. The van der Waals surface area contributed by atoms with Crippen molar-refractivity contribution in [3.05, 3.63) is 85.4 Å². The van der Waals surface area contributed by atoms with Gasteiger partial charge in [-0.15, -0.1) is 0 Å².